The maximum absolute atomic E-state index is 13.8. The fourth-order valence-corrected chi connectivity index (χ4v) is 5.86. The van der Waals surface area contributed by atoms with E-state index in [0.717, 1.165) is 27.8 Å². The van der Waals surface area contributed by atoms with Crippen molar-refractivity contribution in [2.24, 2.45) is 5.92 Å². The van der Waals surface area contributed by atoms with Crippen molar-refractivity contribution < 1.29 is 29.0 Å². The van der Waals surface area contributed by atoms with E-state index >= 15 is 0 Å². The normalized spacial score (nSPS) is 19.5. The maximum atomic E-state index is 13.8. The van der Waals surface area contributed by atoms with E-state index in [1.54, 1.807) is 6.92 Å². The molecule has 41 heavy (non-hydrogen) atoms. The summed E-state index contributed by atoms with van der Waals surface area (Å²) in [5, 5.41) is 12.6. The molecule has 2 aliphatic rings. The number of carboxylic acid groups (broad SMARTS) is 1. The van der Waals surface area contributed by atoms with Gasteiger partial charge in [-0.2, -0.15) is 0 Å². The summed E-state index contributed by atoms with van der Waals surface area (Å²) in [6.07, 6.45) is -0.445. The summed E-state index contributed by atoms with van der Waals surface area (Å²) in [7, 11) is 0. The third kappa shape index (κ3) is 6.28. The lowest BCUT2D eigenvalue weighted by atomic mass is 9.91. The molecule has 1 aliphatic heterocycles. The lowest BCUT2D eigenvalue weighted by Crippen LogP contribution is -2.59. The second-order valence-corrected chi connectivity index (χ2v) is 11.0. The molecule has 1 saturated heterocycles. The van der Waals surface area contributed by atoms with Gasteiger partial charge < -0.3 is 24.8 Å². The highest BCUT2D eigenvalue weighted by Gasteiger charge is 2.40. The summed E-state index contributed by atoms with van der Waals surface area (Å²) >= 11 is 0. The number of fused-ring (bicyclic) bond motifs is 3. The van der Waals surface area contributed by atoms with Crippen LogP contribution in [0.1, 0.15) is 49.3 Å². The predicted octanol–water partition coefficient (Wildman–Crippen LogP) is 5.21. The highest BCUT2D eigenvalue weighted by atomic mass is 16.5. The van der Waals surface area contributed by atoms with E-state index in [0.29, 0.717) is 19.4 Å². The number of alkyl carbamates (subject to hydrolysis) is 1. The summed E-state index contributed by atoms with van der Waals surface area (Å²) in [6, 6.07) is 23.6. The Hall–Kier alpha value is -4.17. The molecule has 8 nitrogen and oxygen atoms in total. The number of ether oxygens (including phenoxy) is 2. The van der Waals surface area contributed by atoms with E-state index in [-0.39, 0.29) is 25.0 Å². The Bertz CT molecular complexity index is 1350. The monoisotopic (exact) mass is 556 g/mol. The van der Waals surface area contributed by atoms with Crippen molar-refractivity contribution in [3.63, 3.8) is 0 Å². The van der Waals surface area contributed by atoms with Gasteiger partial charge in [0, 0.05) is 12.5 Å². The Morgan fingerprint density at radius 2 is 1.56 bits per heavy atom. The standard InChI is InChI=1S/C33H36N2O6/c1-21-16-17-35(29(18-21)32(37)38)31(36)30(22(2)40-19-23-10-4-3-5-11-23)34-33(39)41-20-28-26-14-8-6-12-24(26)25-13-7-9-15-27(25)28/h3-15,21-22,28-30H,16-20H2,1-2H3,(H,34,39)(H,37,38). The minimum atomic E-state index is -1.12. The average molecular weight is 557 g/mol. The molecule has 1 aliphatic carbocycles. The van der Waals surface area contributed by atoms with Crippen LogP contribution in [0.25, 0.3) is 11.1 Å². The Balaban J connectivity index is 1.31. The van der Waals surface area contributed by atoms with Crippen LogP contribution in [0.15, 0.2) is 78.9 Å². The van der Waals surface area contributed by atoms with Crippen molar-refractivity contribution in [3.05, 3.63) is 95.6 Å². The first-order chi connectivity index (χ1) is 19.8. The van der Waals surface area contributed by atoms with Crippen LogP contribution in [0.3, 0.4) is 0 Å². The zero-order valence-electron chi connectivity index (χ0n) is 23.4. The molecule has 5 rings (SSSR count). The van der Waals surface area contributed by atoms with Gasteiger partial charge in [-0.05, 0) is 53.5 Å². The quantitative estimate of drug-likeness (QED) is 0.375. The number of hydrogen-bond acceptors (Lipinski definition) is 5. The van der Waals surface area contributed by atoms with Crippen molar-refractivity contribution in [3.8, 4) is 11.1 Å². The van der Waals surface area contributed by atoms with Gasteiger partial charge in [-0.15, -0.1) is 0 Å². The molecule has 4 atom stereocenters. The molecule has 4 unspecified atom stereocenters. The number of aliphatic carboxylic acids is 1. The smallest absolute Gasteiger partial charge is 0.407 e. The number of benzene rings is 3. The minimum absolute atomic E-state index is 0.0962. The molecule has 0 radical (unpaired) electrons. The number of amides is 2. The molecule has 0 saturated carbocycles. The SMILES string of the molecule is CC1CCN(C(=O)C(NC(=O)OCC2c3ccccc3-c3ccccc32)C(C)OCc2ccccc2)C(C(=O)O)C1. The van der Waals surface area contributed by atoms with Crippen LogP contribution >= 0.6 is 0 Å². The summed E-state index contributed by atoms with van der Waals surface area (Å²) in [5.74, 6) is -1.49. The number of carboxylic acids is 1. The number of rotatable bonds is 9. The van der Waals surface area contributed by atoms with Crippen molar-refractivity contribution in [2.75, 3.05) is 13.2 Å². The number of likely N-dealkylation sites (tertiary alicyclic amines) is 1. The topological polar surface area (TPSA) is 105 Å². The Kier molecular flexibility index (Phi) is 8.69. The molecule has 1 heterocycles. The van der Waals surface area contributed by atoms with Crippen LogP contribution in [0.2, 0.25) is 0 Å². The number of piperidine rings is 1. The molecule has 2 N–H and O–H groups in total. The molecule has 1 fully saturated rings. The Labute approximate surface area is 240 Å². The van der Waals surface area contributed by atoms with Crippen molar-refractivity contribution >= 4 is 18.0 Å². The summed E-state index contributed by atoms with van der Waals surface area (Å²) in [6.45, 7) is 4.31. The van der Waals surface area contributed by atoms with E-state index < -0.39 is 36.2 Å². The van der Waals surface area contributed by atoms with E-state index in [1.165, 1.54) is 4.90 Å². The third-order valence-electron chi connectivity index (χ3n) is 8.14. The van der Waals surface area contributed by atoms with Crippen molar-refractivity contribution in [1.29, 1.82) is 0 Å². The molecule has 3 aromatic carbocycles. The minimum Gasteiger partial charge on any atom is -0.480 e. The van der Waals surface area contributed by atoms with Gasteiger partial charge in [0.1, 0.15) is 18.7 Å². The van der Waals surface area contributed by atoms with Gasteiger partial charge in [0.25, 0.3) is 0 Å². The zero-order chi connectivity index (χ0) is 28.9. The second kappa shape index (κ2) is 12.6. The van der Waals surface area contributed by atoms with Gasteiger partial charge in [-0.1, -0.05) is 85.8 Å². The molecule has 2 amide bonds. The van der Waals surface area contributed by atoms with Gasteiger partial charge in [0.05, 0.1) is 12.7 Å². The first-order valence-corrected chi connectivity index (χ1v) is 14.1. The molecule has 0 aromatic heterocycles. The number of nitrogens with one attached hydrogen (secondary N) is 1. The average Bonchev–Trinajstić information content (AvgIpc) is 3.31. The van der Waals surface area contributed by atoms with Crippen LogP contribution in [-0.2, 0) is 25.7 Å². The van der Waals surface area contributed by atoms with Crippen LogP contribution in [0.4, 0.5) is 4.79 Å². The van der Waals surface area contributed by atoms with Crippen LogP contribution < -0.4 is 5.32 Å². The second-order valence-electron chi connectivity index (χ2n) is 11.0. The van der Waals surface area contributed by atoms with Crippen LogP contribution in [-0.4, -0.2) is 59.3 Å². The molecule has 0 spiro atoms. The highest BCUT2D eigenvalue weighted by Crippen LogP contribution is 2.44. The molecule has 3 aromatic rings. The molecule has 8 heteroatoms. The van der Waals surface area contributed by atoms with Crippen LogP contribution in [0, 0.1) is 5.92 Å². The highest BCUT2D eigenvalue weighted by molar-refractivity contribution is 5.90. The molecule has 214 valence electrons. The predicted molar refractivity (Wildman–Crippen MR) is 154 cm³/mol. The van der Waals surface area contributed by atoms with E-state index in [4.69, 9.17) is 9.47 Å². The number of hydrogen-bond donors (Lipinski definition) is 2. The van der Waals surface area contributed by atoms with E-state index in [1.807, 2.05) is 73.7 Å². The molecular formula is C33H36N2O6. The first kappa shape index (κ1) is 28.4. The van der Waals surface area contributed by atoms with Gasteiger partial charge >= 0.3 is 12.1 Å². The Morgan fingerprint density at radius 1 is 0.951 bits per heavy atom. The number of carbonyl (C=O) groups excluding carboxylic acids is 2. The Morgan fingerprint density at radius 3 is 2.20 bits per heavy atom. The molecular weight excluding hydrogens is 520 g/mol. The third-order valence-corrected chi connectivity index (χ3v) is 8.14. The van der Waals surface area contributed by atoms with Gasteiger partial charge in [0.15, 0.2) is 0 Å². The number of nitrogens with zero attached hydrogens (tertiary/aromatic N) is 1. The molecule has 0 bridgehead atoms. The zero-order valence-corrected chi connectivity index (χ0v) is 23.4. The largest absolute Gasteiger partial charge is 0.480 e. The van der Waals surface area contributed by atoms with E-state index in [9.17, 15) is 19.5 Å². The van der Waals surface area contributed by atoms with E-state index in [2.05, 4.69) is 17.4 Å². The summed E-state index contributed by atoms with van der Waals surface area (Å²) < 4.78 is 11.7. The summed E-state index contributed by atoms with van der Waals surface area (Å²) in [5.41, 5.74) is 5.32. The van der Waals surface area contributed by atoms with Crippen molar-refractivity contribution in [1.82, 2.24) is 10.2 Å². The fraction of sp³-hybridized carbons (Fsp3) is 0.364. The van der Waals surface area contributed by atoms with Crippen molar-refractivity contribution in [2.45, 2.75) is 57.4 Å². The van der Waals surface area contributed by atoms with Crippen LogP contribution in [0.5, 0.6) is 0 Å². The first-order valence-electron chi connectivity index (χ1n) is 14.1. The number of carbonyl (C=O) groups is 3. The van der Waals surface area contributed by atoms with Gasteiger partial charge in [-0.25, -0.2) is 9.59 Å². The van der Waals surface area contributed by atoms with Gasteiger partial charge in [-0.3, -0.25) is 4.79 Å². The fourth-order valence-electron chi connectivity index (χ4n) is 5.86. The van der Waals surface area contributed by atoms with Gasteiger partial charge in [0.2, 0.25) is 5.91 Å². The lowest BCUT2D eigenvalue weighted by Gasteiger charge is -2.39. The summed E-state index contributed by atoms with van der Waals surface area (Å²) in [4.78, 5) is 40.4. The maximum Gasteiger partial charge on any atom is 0.407 e. The lowest BCUT2D eigenvalue weighted by molar-refractivity contribution is -0.155.